The van der Waals surface area contributed by atoms with Crippen molar-refractivity contribution in [2.45, 2.75) is 51.2 Å². The predicted octanol–water partition coefficient (Wildman–Crippen LogP) is 3.79. The van der Waals surface area contributed by atoms with Gasteiger partial charge in [-0.2, -0.15) is 0 Å². The number of imidazole rings is 1. The molecule has 0 amide bonds. The van der Waals surface area contributed by atoms with Crippen LogP contribution in [0.15, 0.2) is 36.7 Å². The molecule has 0 saturated heterocycles. The van der Waals surface area contributed by atoms with Crippen LogP contribution in [0.2, 0.25) is 0 Å². The van der Waals surface area contributed by atoms with Gasteiger partial charge in [-0.3, -0.25) is 0 Å². The second-order valence-electron chi connectivity index (χ2n) is 7.11. The number of rotatable bonds is 5. The summed E-state index contributed by atoms with van der Waals surface area (Å²) >= 11 is 0. The van der Waals surface area contributed by atoms with E-state index in [0.717, 1.165) is 16.7 Å². The predicted molar refractivity (Wildman–Crippen MR) is 103 cm³/mol. The lowest BCUT2D eigenvalue weighted by molar-refractivity contribution is 0.208. The number of benzene rings is 1. The van der Waals surface area contributed by atoms with Gasteiger partial charge in [-0.25, -0.2) is 15.0 Å². The quantitative estimate of drug-likeness (QED) is 0.731. The van der Waals surface area contributed by atoms with Crippen molar-refractivity contribution in [3.8, 4) is 11.4 Å². The zero-order valence-electron chi connectivity index (χ0n) is 15.1. The van der Waals surface area contributed by atoms with Crippen molar-refractivity contribution in [1.82, 2.24) is 19.5 Å². The van der Waals surface area contributed by atoms with E-state index in [1.807, 2.05) is 36.7 Å². The highest BCUT2D eigenvalue weighted by Gasteiger charge is 2.21. The normalized spacial score (nSPS) is 16.7. The van der Waals surface area contributed by atoms with E-state index in [0.29, 0.717) is 24.2 Å². The Morgan fingerprint density at radius 1 is 1.15 bits per heavy atom. The Bertz CT molecular complexity index is 869. The summed E-state index contributed by atoms with van der Waals surface area (Å²) in [5.41, 5.74) is 2.63. The Morgan fingerprint density at radius 3 is 2.65 bits per heavy atom. The fraction of sp³-hybridized carbons (Fsp3) is 0.450. The minimum Gasteiger partial charge on any atom is -0.392 e. The van der Waals surface area contributed by atoms with Gasteiger partial charge in [0.2, 0.25) is 0 Å². The third-order valence-electron chi connectivity index (χ3n) is 4.99. The number of aliphatic hydroxyl groups excluding tert-OH is 1. The average molecular weight is 351 g/mol. The molecule has 6 heteroatoms. The molecular weight excluding hydrogens is 326 g/mol. The van der Waals surface area contributed by atoms with Crippen molar-refractivity contribution in [1.29, 1.82) is 0 Å². The summed E-state index contributed by atoms with van der Waals surface area (Å²) in [5.74, 6) is 1.37. The van der Waals surface area contributed by atoms with Crippen LogP contribution in [0.25, 0.3) is 22.6 Å². The first-order valence-electron chi connectivity index (χ1n) is 9.44. The molecule has 0 aliphatic heterocycles. The highest BCUT2D eigenvalue weighted by Crippen LogP contribution is 2.32. The summed E-state index contributed by atoms with van der Waals surface area (Å²) in [6.45, 7) is 2.18. The second-order valence-corrected chi connectivity index (χ2v) is 7.11. The molecule has 0 bridgehead atoms. The minimum absolute atomic E-state index is 0.427. The van der Waals surface area contributed by atoms with E-state index in [4.69, 9.17) is 9.97 Å². The molecule has 0 radical (unpaired) electrons. The third kappa shape index (κ3) is 3.42. The van der Waals surface area contributed by atoms with Gasteiger partial charge in [0.25, 0.3) is 0 Å². The fourth-order valence-electron chi connectivity index (χ4n) is 3.63. The first kappa shape index (κ1) is 17.0. The molecule has 2 heterocycles. The van der Waals surface area contributed by atoms with Gasteiger partial charge in [0.1, 0.15) is 5.52 Å². The van der Waals surface area contributed by atoms with Gasteiger partial charge in [0.15, 0.2) is 17.3 Å². The molecule has 1 aliphatic rings. The lowest BCUT2D eigenvalue weighted by atomic mass is 9.95. The number of hydrogen-bond acceptors (Lipinski definition) is 5. The summed E-state index contributed by atoms with van der Waals surface area (Å²) in [6, 6.07) is 10.5. The van der Waals surface area contributed by atoms with Gasteiger partial charge in [0.05, 0.1) is 12.4 Å². The molecule has 0 spiro atoms. The molecule has 6 nitrogen and oxygen atoms in total. The van der Waals surface area contributed by atoms with Crippen LogP contribution >= 0.6 is 0 Å². The highest BCUT2D eigenvalue weighted by atomic mass is 16.3. The Hall–Kier alpha value is -2.47. The molecule has 2 aromatic heterocycles. The molecular formula is C20H25N5O. The second kappa shape index (κ2) is 7.41. The molecule has 4 rings (SSSR count). The van der Waals surface area contributed by atoms with Gasteiger partial charge < -0.3 is 15.0 Å². The summed E-state index contributed by atoms with van der Waals surface area (Å²) < 4.78 is 2.22. The summed E-state index contributed by atoms with van der Waals surface area (Å²) in [4.78, 5) is 14.1. The van der Waals surface area contributed by atoms with Crippen LogP contribution in [0, 0.1) is 0 Å². The van der Waals surface area contributed by atoms with E-state index in [1.54, 1.807) is 6.92 Å². The van der Waals surface area contributed by atoms with Crippen LogP contribution in [0.1, 0.15) is 45.1 Å². The van der Waals surface area contributed by atoms with Crippen LogP contribution in [0.4, 0.5) is 5.82 Å². The zero-order valence-corrected chi connectivity index (χ0v) is 15.1. The maximum Gasteiger partial charge on any atom is 0.166 e. The molecule has 3 aromatic rings. The summed E-state index contributed by atoms with van der Waals surface area (Å²) in [5, 5.41) is 12.9. The van der Waals surface area contributed by atoms with E-state index in [1.165, 1.54) is 32.1 Å². The number of nitrogens with one attached hydrogen (secondary N) is 1. The van der Waals surface area contributed by atoms with Crippen LogP contribution in [0.3, 0.4) is 0 Å². The van der Waals surface area contributed by atoms with Crippen molar-refractivity contribution in [2.75, 3.05) is 11.9 Å². The number of aromatic nitrogens is 4. The number of aliphatic hydroxyl groups is 1. The van der Waals surface area contributed by atoms with Crippen molar-refractivity contribution < 1.29 is 5.11 Å². The van der Waals surface area contributed by atoms with E-state index >= 15 is 0 Å². The highest BCUT2D eigenvalue weighted by molar-refractivity contribution is 5.85. The average Bonchev–Trinajstić information content (AvgIpc) is 3.11. The fourth-order valence-corrected chi connectivity index (χ4v) is 3.63. The van der Waals surface area contributed by atoms with Crippen LogP contribution in [-0.4, -0.2) is 37.3 Å². The molecule has 2 N–H and O–H groups in total. The van der Waals surface area contributed by atoms with Gasteiger partial charge in [-0.05, 0) is 19.8 Å². The monoisotopic (exact) mass is 351 g/mol. The molecule has 1 unspecified atom stereocenters. The smallest absolute Gasteiger partial charge is 0.166 e. The SMILES string of the molecule is CC(O)CNc1nc(-c2ccccc2)nc2c1ncn2C1CCCCC1. The Balaban J connectivity index is 1.81. The van der Waals surface area contributed by atoms with E-state index in [-0.39, 0.29) is 0 Å². The topological polar surface area (TPSA) is 75.9 Å². The van der Waals surface area contributed by atoms with Gasteiger partial charge in [-0.15, -0.1) is 0 Å². The maximum absolute atomic E-state index is 9.65. The Morgan fingerprint density at radius 2 is 1.92 bits per heavy atom. The molecule has 1 atom stereocenters. The molecule has 26 heavy (non-hydrogen) atoms. The lowest BCUT2D eigenvalue weighted by Gasteiger charge is -2.23. The van der Waals surface area contributed by atoms with Crippen molar-refractivity contribution >= 4 is 17.0 Å². The van der Waals surface area contributed by atoms with Crippen molar-refractivity contribution in [2.24, 2.45) is 0 Å². The zero-order chi connectivity index (χ0) is 17.9. The van der Waals surface area contributed by atoms with Gasteiger partial charge >= 0.3 is 0 Å². The number of fused-ring (bicyclic) bond motifs is 1. The lowest BCUT2D eigenvalue weighted by Crippen LogP contribution is -2.17. The molecule has 1 saturated carbocycles. The number of hydrogen-bond donors (Lipinski definition) is 2. The maximum atomic E-state index is 9.65. The summed E-state index contributed by atoms with van der Waals surface area (Å²) in [7, 11) is 0. The number of anilines is 1. The largest absolute Gasteiger partial charge is 0.392 e. The minimum atomic E-state index is -0.458. The summed E-state index contributed by atoms with van der Waals surface area (Å²) in [6.07, 6.45) is 7.62. The van der Waals surface area contributed by atoms with Gasteiger partial charge in [0, 0.05) is 18.2 Å². The van der Waals surface area contributed by atoms with Crippen molar-refractivity contribution in [3.63, 3.8) is 0 Å². The molecule has 1 aromatic carbocycles. The van der Waals surface area contributed by atoms with Crippen LogP contribution < -0.4 is 5.32 Å². The van der Waals surface area contributed by atoms with E-state index < -0.39 is 6.10 Å². The van der Waals surface area contributed by atoms with E-state index in [2.05, 4.69) is 14.9 Å². The van der Waals surface area contributed by atoms with Gasteiger partial charge in [-0.1, -0.05) is 49.6 Å². The first-order valence-corrected chi connectivity index (χ1v) is 9.44. The van der Waals surface area contributed by atoms with Crippen molar-refractivity contribution in [3.05, 3.63) is 36.7 Å². The Kier molecular flexibility index (Phi) is 4.84. The molecule has 136 valence electrons. The van der Waals surface area contributed by atoms with Crippen LogP contribution in [-0.2, 0) is 0 Å². The van der Waals surface area contributed by atoms with E-state index in [9.17, 15) is 5.11 Å². The first-order chi connectivity index (χ1) is 12.7. The van der Waals surface area contributed by atoms with Crippen LogP contribution in [0.5, 0.6) is 0 Å². The third-order valence-corrected chi connectivity index (χ3v) is 4.99. The molecule has 1 aliphatic carbocycles. The molecule has 1 fully saturated rings. The number of nitrogens with zero attached hydrogens (tertiary/aromatic N) is 4. The Labute approximate surface area is 153 Å². The standard InChI is InChI=1S/C20H25N5O/c1-14(26)12-21-19-17-20(24-18(23-19)15-8-4-2-5-9-15)25(13-22-17)16-10-6-3-7-11-16/h2,4-5,8-9,13-14,16,26H,3,6-7,10-12H2,1H3,(H,21,23,24).